The van der Waals surface area contributed by atoms with E-state index in [1.807, 2.05) is 33.8 Å². The van der Waals surface area contributed by atoms with Crippen LogP contribution in [-0.4, -0.2) is 0 Å². The van der Waals surface area contributed by atoms with Crippen LogP contribution in [0.15, 0.2) is 72.0 Å². The number of hydrogen-bond donors (Lipinski definition) is 1. The van der Waals surface area contributed by atoms with Crippen LogP contribution in [0.4, 0.5) is 0 Å². The molecule has 0 radical (unpaired) electrons. The summed E-state index contributed by atoms with van der Waals surface area (Å²) in [5, 5.41) is 0. The minimum absolute atomic E-state index is 0.334. The minimum Gasteiger partial charge on any atom is -0.405 e. The molecule has 1 nitrogen and oxygen atoms in total. The van der Waals surface area contributed by atoms with E-state index in [1.54, 1.807) is 6.20 Å². The summed E-state index contributed by atoms with van der Waals surface area (Å²) >= 11 is 0. The number of rotatable bonds is 6. The Kier molecular flexibility index (Phi) is 15.5. The molecule has 0 aromatic heterocycles. The Bertz CT molecular complexity index is 442. The molecule has 1 aliphatic carbocycles. The van der Waals surface area contributed by atoms with Gasteiger partial charge in [0.05, 0.1) is 0 Å². The summed E-state index contributed by atoms with van der Waals surface area (Å²) in [6.07, 6.45) is 17.5. The van der Waals surface area contributed by atoms with E-state index in [9.17, 15) is 0 Å². The van der Waals surface area contributed by atoms with E-state index < -0.39 is 0 Å². The van der Waals surface area contributed by atoms with E-state index in [2.05, 4.69) is 63.8 Å². The fourth-order valence-corrected chi connectivity index (χ4v) is 2.00. The van der Waals surface area contributed by atoms with Gasteiger partial charge in [-0.15, -0.1) is 0 Å². The quantitative estimate of drug-likeness (QED) is 0.427. The second-order valence-corrected chi connectivity index (χ2v) is 5.21. The fraction of sp³-hybridized carbons (Fsp3) is 0.455. The highest BCUT2D eigenvalue weighted by Crippen LogP contribution is 2.29. The number of nitrogens with two attached hydrogens (primary N) is 1. The third-order valence-corrected chi connectivity index (χ3v) is 3.52. The van der Waals surface area contributed by atoms with Gasteiger partial charge in [0, 0.05) is 11.8 Å². The summed E-state index contributed by atoms with van der Waals surface area (Å²) in [4.78, 5) is 0. The monoisotopic (exact) mass is 315 g/mol. The predicted octanol–water partition coefficient (Wildman–Crippen LogP) is 6.73. The molecule has 0 bridgehead atoms. The normalized spacial score (nSPS) is 14.2. The average molecular weight is 316 g/mol. The molecule has 0 saturated heterocycles. The van der Waals surface area contributed by atoms with Gasteiger partial charge < -0.3 is 5.73 Å². The van der Waals surface area contributed by atoms with Crippen LogP contribution in [0.1, 0.15) is 54.9 Å². The van der Waals surface area contributed by atoms with Gasteiger partial charge >= 0.3 is 0 Å². The molecule has 23 heavy (non-hydrogen) atoms. The van der Waals surface area contributed by atoms with Gasteiger partial charge in [-0.2, -0.15) is 0 Å². The van der Waals surface area contributed by atoms with Crippen LogP contribution in [0.25, 0.3) is 0 Å². The zero-order chi connectivity index (χ0) is 18.3. The van der Waals surface area contributed by atoms with E-state index in [0.29, 0.717) is 11.8 Å². The van der Waals surface area contributed by atoms with Gasteiger partial charge in [-0.1, -0.05) is 93.5 Å². The Hall–Kier alpha value is -1.76. The molecular weight excluding hydrogens is 278 g/mol. The lowest BCUT2D eigenvalue weighted by molar-refractivity contribution is 0.635. The molecule has 1 unspecified atom stereocenters. The average Bonchev–Trinajstić information content (AvgIpc) is 3.10. The minimum atomic E-state index is 0.334. The molecule has 0 spiro atoms. The van der Waals surface area contributed by atoms with E-state index in [-0.39, 0.29) is 0 Å². The summed E-state index contributed by atoms with van der Waals surface area (Å²) in [6, 6.07) is 0. The van der Waals surface area contributed by atoms with Crippen LogP contribution in [-0.2, 0) is 0 Å². The van der Waals surface area contributed by atoms with Gasteiger partial charge in [0.2, 0.25) is 0 Å². The maximum Gasteiger partial charge on any atom is 0.00782 e. The summed E-state index contributed by atoms with van der Waals surface area (Å²) in [6.45, 7) is 18.6. The van der Waals surface area contributed by atoms with Gasteiger partial charge in [0.15, 0.2) is 0 Å². The largest absolute Gasteiger partial charge is 0.405 e. The van der Waals surface area contributed by atoms with Crippen molar-refractivity contribution in [2.45, 2.75) is 54.9 Å². The molecule has 1 heteroatoms. The second-order valence-electron chi connectivity index (χ2n) is 5.21. The highest BCUT2D eigenvalue weighted by molar-refractivity contribution is 5.30. The fourth-order valence-electron chi connectivity index (χ4n) is 2.00. The molecule has 130 valence electrons. The lowest BCUT2D eigenvalue weighted by Crippen LogP contribution is -2.09. The van der Waals surface area contributed by atoms with Crippen molar-refractivity contribution in [3.8, 4) is 0 Å². The Balaban J connectivity index is 0. The van der Waals surface area contributed by atoms with E-state index in [4.69, 9.17) is 5.73 Å². The molecule has 0 amide bonds. The lowest BCUT2D eigenvalue weighted by Gasteiger charge is -2.19. The van der Waals surface area contributed by atoms with Crippen LogP contribution < -0.4 is 5.73 Å². The molecule has 1 aliphatic rings. The van der Waals surface area contributed by atoms with Gasteiger partial charge in [0.1, 0.15) is 0 Å². The van der Waals surface area contributed by atoms with Gasteiger partial charge in [0.25, 0.3) is 0 Å². The van der Waals surface area contributed by atoms with Crippen molar-refractivity contribution in [3.05, 3.63) is 72.0 Å². The zero-order valence-corrected chi connectivity index (χ0v) is 16.3. The highest BCUT2D eigenvalue weighted by atomic mass is 14.5. The third-order valence-electron chi connectivity index (χ3n) is 3.52. The predicted molar refractivity (Wildman–Crippen MR) is 108 cm³/mol. The summed E-state index contributed by atoms with van der Waals surface area (Å²) < 4.78 is 0. The standard InChI is InChI=1S/C18H25N.2C2H6/c1-14(2)15(3)11-12-18(16(4)8-7-13-19)17-9-5-6-10-17;2*1-2/h5-7,9-13,17-18H,4,8,19H2,1-3H3;2*1-2H3/b12-11-,13-7-;;. The van der Waals surface area contributed by atoms with Crippen molar-refractivity contribution in [1.82, 2.24) is 0 Å². The summed E-state index contributed by atoms with van der Waals surface area (Å²) in [5.74, 6) is 0.750. The van der Waals surface area contributed by atoms with E-state index >= 15 is 0 Å². The van der Waals surface area contributed by atoms with E-state index in [0.717, 1.165) is 6.42 Å². The highest BCUT2D eigenvalue weighted by Gasteiger charge is 2.18. The maximum atomic E-state index is 5.42. The number of allylic oxidation sites excluding steroid dienone is 10. The molecule has 0 saturated carbocycles. The van der Waals surface area contributed by atoms with Crippen molar-refractivity contribution in [2.75, 3.05) is 0 Å². The first-order valence-corrected chi connectivity index (χ1v) is 8.78. The van der Waals surface area contributed by atoms with Gasteiger partial charge in [-0.25, -0.2) is 0 Å². The molecular formula is C22H37N. The van der Waals surface area contributed by atoms with Crippen molar-refractivity contribution in [3.63, 3.8) is 0 Å². The Morgan fingerprint density at radius 1 is 1.09 bits per heavy atom. The van der Waals surface area contributed by atoms with Crippen LogP contribution >= 0.6 is 0 Å². The molecule has 2 N–H and O–H groups in total. The SMILES string of the molecule is C=C(C/C=C\N)C(/C=C\C(C)=C(C)C)C1C=CC=C1.CC.CC. The van der Waals surface area contributed by atoms with Crippen molar-refractivity contribution in [2.24, 2.45) is 17.6 Å². The Morgan fingerprint density at radius 3 is 2.04 bits per heavy atom. The first kappa shape index (κ1) is 23.5. The van der Waals surface area contributed by atoms with Crippen molar-refractivity contribution < 1.29 is 0 Å². The smallest absolute Gasteiger partial charge is 0.00782 e. The number of hydrogen-bond acceptors (Lipinski definition) is 1. The third kappa shape index (κ3) is 9.78. The van der Waals surface area contributed by atoms with Crippen LogP contribution in [0.2, 0.25) is 0 Å². The first-order chi connectivity index (χ1) is 11.1. The van der Waals surface area contributed by atoms with Crippen molar-refractivity contribution in [1.29, 1.82) is 0 Å². The summed E-state index contributed by atoms with van der Waals surface area (Å²) in [5.41, 5.74) is 9.28. The molecule has 1 rings (SSSR count). The molecule has 0 fully saturated rings. The zero-order valence-electron chi connectivity index (χ0n) is 16.3. The molecule has 0 heterocycles. The topological polar surface area (TPSA) is 26.0 Å². The molecule has 0 aromatic rings. The first-order valence-electron chi connectivity index (χ1n) is 8.78. The molecule has 1 atom stereocenters. The Labute approximate surface area is 145 Å². The maximum absolute atomic E-state index is 5.42. The Morgan fingerprint density at radius 2 is 1.61 bits per heavy atom. The summed E-state index contributed by atoms with van der Waals surface area (Å²) in [7, 11) is 0. The molecule has 0 aromatic carbocycles. The van der Waals surface area contributed by atoms with Gasteiger partial charge in [-0.3, -0.25) is 0 Å². The lowest BCUT2D eigenvalue weighted by atomic mass is 9.85. The van der Waals surface area contributed by atoms with Crippen LogP contribution in [0.3, 0.4) is 0 Å². The van der Waals surface area contributed by atoms with Crippen LogP contribution in [0.5, 0.6) is 0 Å². The van der Waals surface area contributed by atoms with Crippen LogP contribution in [0, 0.1) is 11.8 Å². The van der Waals surface area contributed by atoms with Gasteiger partial charge in [-0.05, 0) is 33.4 Å². The second kappa shape index (κ2) is 15.1. The van der Waals surface area contributed by atoms with E-state index in [1.165, 1.54) is 16.7 Å². The van der Waals surface area contributed by atoms with Crippen molar-refractivity contribution >= 4 is 0 Å². The molecule has 0 aliphatic heterocycles.